The van der Waals surface area contributed by atoms with Crippen molar-refractivity contribution in [1.82, 2.24) is 10.3 Å². The van der Waals surface area contributed by atoms with Crippen molar-refractivity contribution in [2.24, 2.45) is 0 Å². The maximum absolute atomic E-state index is 12.0. The van der Waals surface area contributed by atoms with Gasteiger partial charge >= 0.3 is 0 Å². The average Bonchev–Trinajstić information content (AvgIpc) is 2.98. The van der Waals surface area contributed by atoms with Crippen LogP contribution < -0.4 is 10.1 Å². The Morgan fingerprint density at radius 3 is 2.62 bits per heavy atom. The fraction of sp³-hybridized carbons (Fsp3) is 0.524. The summed E-state index contributed by atoms with van der Waals surface area (Å²) < 4.78 is 11.2. The van der Waals surface area contributed by atoms with E-state index in [2.05, 4.69) is 31.1 Å². The van der Waals surface area contributed by atoms with E-state index < -0.39 is 0 Å². The van der Waals surface area contributed by atoms with Gasteiger partial charge < -0.3 is 14.5 Å². The molecule has 0 fully saturated rings. The molecule has 5 nitrogen and oxygen atoms in total. The van der Waals surface area contributed by atoms with E-state index in [4.69, 9.17) is 9.15 Å². The molecule has 1 amide bonds. The van der Waals surface area contributed by atoms with Crippen LogP contribution in [0.2, 0.25) is 0 Å². The van der Waals surface area contributed by atoms with Crippen LogP contribution in [0.3, 0.4) is 0 Å². The number of nitrogens with one attached hydrogen (secondary N) is 1. The molecule has 5 heteroatoms. The van der Waals surface area contributed by atoms with E-state index in [0.717, 1.165) is 41.5 Å². The number of oxazole rings is 1. The Morgan fingerprint density at radius 2 is 1.96 bits per heavy atom. The largest absolute Gasteiger partial charge is 0.496 e. The van der Waals surface area contributed by atoms with Gasteiger partial charge in [0, 0.05) is 24.8 Å². The smallest absolute Gasteiger partial charge is 0.220 e. The highest BCUT2D eigenvalue weighted by molar-refractivity contribution is 5.76. The number of ether oxygens (including phenoxy) is 1. The zero-order chi connectivity index (χ0) is 19.2. The van der Waals surface area contributed by atoms with Crippen molar-refractivity contribution in [3.63, 3.8) is 0 Å². The van der Waals surface area contributed by atoms with E-state index in [0.29, 0.717) is 19.4 Å². The summed E-state index contributed by atoms with van der Waals surface area (Å²) in [7, 11) is 1.65. The van der Waals surface area contributed by atoms with E-state index in [1.54, 1.807) is 7.11 Å². The third kappa shape index (κ3) is 5.61. The summed E-state index contributed by atoms with van der Waals surface area (Å²) in [5.41, 5.74) is 1.91. The third-order valence-electron chi connectivity index (χ3n) is 4.25. The molecule has 2 rings (SSSR count). The topological polar surface area (TPSA) is 64.4 Å². The molecule has 1 aromatic heterocycles. The molecule has 0 saturated heterocycles. The number of nitrogens with zero attached hydrogens (tertiary/aromatic N) is 1. The first-order valence-electron chi connectivity index (χ1n) is 9.16. The van der Waals surface area contributed by atoms with Crippen molar-refractivity contribution in [3.8, 4) is 5.75 Å². The van der Waals surface area contributed by atoms with Gasteiger partial charge in [-0.1, -0.05) is 39.0 Å². The lowest BCUT2D eigenvalue weighted by molar-refractivity contribution is -0.121. The van der Waals surface area contributed by atoms with Crippen LogP contribution >= 0.6 is 0 Å². The van der Waals surface area contributed by atoms with E-state index in [9.17, 15) is 4.79 Å². The van der Waals surface area contributed by atoms with E-state index >= 15 is 0 Å². The van der Waals surface area contributed by atoms with Crippen molar-refractivity contribution in [3.05, 3.63) is 47.2 Å². The van der Waals surface area contributed by atoms with Crippen LogP contribution in [0.4, 0.5) is 0 Å². The van der Waals surface area contributed by atoms with Crippen molar-refractivity contribution in [2.45, 2.75) is 58.8 Å². The zero-order valence-electron chi connectivity index (χ0n) is 16.5. The molecule has 1 aromatic carbocycles. The van der Waals surface area contributed by atoms with Gasteiger partial charge in [0.15, 0.2) is 5.89 Å². The van der Waals surface area contributed by atoms with Crippen molar-refractivity contribution < 1.29 is 13.9 Å². The lowest BCUT2D eigenvalue weighted by Crippen LogP contribution is -2.25. The summed E-state index contributed by atoms with van der Waals surface area (Å²) in [6.45, 7) is 8.87. The summed E-state index contributed by atoms with van der Waals surface area (Å²) in [5, 5.41) is 2.98. The Morgan fingerprint density at radius 1 is 1.23 bits per heavy atom. The molecule has 0 radical (unpaired) electrons. The van der Waals surface area contributed by atoms with E-state index in [1.165, 1.54) is 0 Å². The van der Waals surface area contributed by atoms with Crippen LogP contribution in [-0.4, -0.2) is 24.5 Å². The third-order valence-corrected chi connectivity index (χ3v) is 4.25. The van der Waals surface area contributed by atoms with Gasteiger partial charge in [-0.2, -0.15) is 0 Å². The molecule has 0 atom stereocenters. The maximum atomic E-state index is 12.0. The predicted octanol–water partition coefficient (Wildman–Crippen LogP) is 3.97. The first-order chi connectivity index (χ1) is 12.3. The molecule has 0 saturated carbocycles. The van der Waals surface area contributed by atoms with Crippen molar-refractivity contribution in [1.29, 1.82) is 0 Å². The van der Waals surface area contributed by atoms with Crippen LogP contribution in [0.25, 0.3) is 0 Å². The molecule has 0 aliphatic heterocycles. The van der Waals surface area contributed by atoms with Gasteiger partial charge in [-0.05, 0) is 31.4 Å². The SMILES string of the molecule is COc1ccccc1CCC(=O)NCCCc1oc(C(C)(C)C)nc1C. The number of aryl methyl sites for hydroxylation is 3. The van der Waals surface area contributed by atoms with Gasteiger partial charge in [0.25, 0.3) is 0 Å². The Balaban J connectivity index is 1.73. The Kier molecular flexibility index (Phi) is 6.83. The molecule has 0 unspecified atom stereocenters. The number of hydrogen-bond acceptors (Lipinski definition) is 4. The van der Waals surface area contributed by atoms with Gasteiger partial charge in [0.05, 0.1) is 12.8 Å². The molecule has 1 N–H and O–H groups in total. The normalized spacial score (nSPS) is 11.4. The molecule has 1 heterocycles. The summed E-state index contributed by atoms with van der Waals surface area (Å²) >= 11 is 0. The zero-order valence-corrected chi connectivity index (χ0v) is 16.5. The maximum Gasteiger partial charge on any atom is 0.220 e. The van der Waals surface area contributed by atoms with Crippen LogP contribution in [0.1, 0.15) is 56.5 Å². The minimum Gasteiger partial charge on any atom is -0.496 e. The monoisotopic (exact) mass is 358 g/mol. The quantitative estimate of drug-likeness (QED) is 0.725. The Labute approximate surface area is 156 Å². The fourth-order valence-corrected chi connectivity index (χ4v) is 2.70. The van der Waals surface area contributed by atoms with Gasteiger partial charge in [-0.15, -0.1) is 0 Å². The number of carbonyl (C=O) groups excluding carboxylic acids is 1. The highest BCUT2D eigenvalue weighted by atomic mass is 16.5. The first-order valence-corrected chi connectivity index (χ1v) is 9.16. The molecule has 0 aliphatic rings. The van der Waals surface area contributed by atoms with Crippen LogP contribution in [0.5, 0.6) is 5.75 Å². The molecule has 0 aliphatic carbocycles. The molecule has 142 valence electrons. The summed E-state index contributed by atoms with van der Waals surface area (Å²) in [4.78, 5) is 16.6. The molecule has 0 spiro atoms. The highest BCUT2D eigenvalue weighted by Gasteiger charge is 2.22. The minimum absolute atomic E-state index is 0.0561. The molecule has 26 heavy (non-hydrogen) atoms. The number of hydrogen-bond donors (Lipinski definition) is 1. The second kappa shape index (κ2) is 8.88. The molecule has 0 bridgehead atoms. The van der Waals surface area contributed by atoms with Gasteiger partial charge in [-0.25, -0.2) is 4.98 Å². The minimum atomic E-state index is -0.0876. The van der Waals surface area contributed by atoms with Gasteiger partial charge in [0.2, 0.25) is 5.91 Å². The van der Waals surface area contributed by atoms with E-state index in [1.807, 2.05) is 31.2 Å². The van der Waals surface area contributed by atoms with Crippen LogP contribution in [0.15, 0.2) is 28.7 Å². The number of rotatable bonds is 8. The van der Waals surface area contributed by atoms with E-state index in [-0.39, 0.29) is 11.3 Å². The van der Waals surface area contributed by atoms with Crippen molar-refractivity contribution in [2.75, 3.05) is 13.7 Å². The molecular formula is C21H30N2O3. The number of carbonyl (C=O) groups is 1. The van der Waals surface area contributed by atoms with Crippen LogP contribution in [0, 0.1) is 6.92 Å². The second-order valence-corrected chi connectivity index (χ2v) is 7.54. The number of amides is 1. The van der Waals surface area contributed by atoms with Gasteiger partial charge in [0.1, 0.15) is 11.5 Å². The first kappa shape index (κ1) is 20.0. The number of methoxy groups -OCH3 is 1. The lowest BCUT2D eigenvalue weighted by Gasteiger charge is -2.12. The van der Waals surface area contributed by atoms with Crippen molar-refractivity contribution >= 4 is 5.91 Å². The molecule has 2 aromatic rings. The van der Waals surface area contributed by atoms with Crippen LogP contribution in [-0.2, 0) is 23.1 Å². The molecular weight excluding hydrogens is 328 g/mol. The van der Waals surface area contributed by atoms with Gasteiger partial charge in [-0.3, -0.25) is 4.79 Å². The predicted molar refractivity (Wildman–Crippen MR) is 103 cm³/mol. The second-order valence-electron chi connectivity index (χ2n) is 7.54. The average molecular weight is 358 g/mol. The standard InChI is InChI=1S/C21H30N2O3/c1-15-17(26-20(23-15)21(2,3)4)11-8-14-22-19(24)13-12-16-9-6-7-10-18(16)25-5/h6-7,9-10H,8,11-14H2,1-5H3,(H,22,24). The number of aromatic nitrogens is 1. The number of benzene rings is 1. The summed E-state index contributed by atoms with van der Waals surface area (Å²) in [6.07, 6.45) is 2.74. The Hall–Kier alpha value is -2.30. The fourth-order valence-electron chi connectivity index (χ4n) is 2.70. The summed E-state index contributed by atoms with van der Waals surface area (Å²) in [5.74, 6) is 2.57. The number of para-hydroxylation sites is 1. The Bertz CT molecular complexity index is 729. The lowest BCUT2D eigenvalue weighted by atomic mass is 9.97. The highest BCUT2D eigenvalue weighted by Crippen LogP contribution is 2.24. The summed E-state index contributed by atoms with van der Waals surface area (Å²) in [6, 6.07) is 7.80.